The number of nitrogens with one attached hydrogen (secondary N) is 1. The lowest BCUT2D eigenvalue weighted by Crippen LogP contribution is -2.28. The number of aromatic nitrogens is 1. The molecule has 0 unspecified atom stereocenters. The molecule has 30 heavy (non-hydrogen) atoms. The molecule has 1 aromatic heterocycles. The van der Waals surface area contributed by atoms with Gasteiger partial charge < -0.3 is 15.8 Å². The minimum Gasteiger partial charge on any atom is -0.494 e. The average molecular weight is 469 g/mol. The van der Waals surface area contributed by atoms with Gasteiger partial charge in [-0.15, -0.1) is 0 Å². The van der Waals surface area contributed by atoms with E-state index in [9.17, 15) is 5.11 Å². The number of aromatic hydroxyl groups is 1. The summed E-state index contributed by atoms with van der Waals surface area (Å²) in [6, 6.07) is 14.1. The molecule has 1 fully saturated rings. The largest absolute Gasteiger partial charge is 0.494 e. The molecule has 0 atom stereocenters. The Morgan fingerprint density at radius 3 is 2.60 bits per heavy atom. The lowest BCUT2D eigenvalue weighted by molar-refractivity contribution is 0.221. The quantitative estimate of drug-likeness (QED) is 0.235. The molecule has 0 saturated carbocycles. The molecule has 0 spiro atoms. The van der Waals surface area contributed by atoms with Gasteiger partial charge in [0.15, 0.2) is 5.88 Å². The molecule has 0 aliphatic carbocycles. The van der Waals surface area contributed by atoms with Crippen molar-refractivity contribution in [3.8, 4) is 5.88 Å². The Morgan fingerprint density at radius 2 is 1.87 bits per heavy atom. The van der Waals surface area contributed by atoms with E-state index in [1.54, 1.807) is 0 Å². The van der Waals surface area contributed by atoms with Crippen LogP contribution in [0.2, 0.25) is 0 Å². The Labute approximate surface area is 186 Å². The third-order valence-corrected chi connectivity index (χ3v) is 6.25. The highest BCUT2D eigenvalue weighted by Gasteiger charge is 2.17. The second-order valence-electron chi connectivity index (χ2n) is 8.01. The van der Waals surface area contributed by atoms with E-state index in [-0.39, 0.29) is 5.88 Å². The lowest BCUT2D eigenvalue weighted by atomic mass is 10.0. The number of fused-ring (bicyclic) bond motifs is 1. The normalized spacial score (nSPS) is 15.7. The fraction of sp³-hybridized carbons (Fsp3) is 0.375. The molecule has 0 amide bonds. The van der Waals surface area contributed by atoms with E-state index >= 15 is 0 Å². The molecule has 158 valence electrons. The first-order chi connectivity index (χ1) is 14.6. The number of aromatic amines is 1. The molecular formula is C24H29BrN4O. The third-order valence-electron chi connectivity index (χ3n) is 5.69. The number of aliphatic imine (C=N–C) groups is 1. The smallest absolute Gasteiger partial charge is 0.198 e. The Kier molecular flexibility index (Phi) is 6.75. The number of H-pyrrole nitrogens is 1. The number of nitrogens with zero attached hydrogens (tertiary/aromatic N) is 2. The van der Waals surface area contributed by atoms with Crippen LogP contribution in [0.3, 0.4) is 0 Å². The third kappa shape index (κ3) is 4.87. The van der Waals surface area contributed by atoms with Crippen molar-refractivity contribution >= 4 is 43.9 Å². The van der Waals surface area contributed by atoms with Crippen LogP contribution < -0.4 is 5.73 Å². The zero-order valence-corrected chi connectivity index (χ0v) is 18.8. The zero-order valence-electron chi connectivity index (χ0n) is 17.2. The highest BCUT2D eigenvalue weighted by atomic mass is 79.9. The number of halogens is 1. The molecule has 2 aromatic carbocycles. The minimum absolute atomic E-state index is 0.144. The van der Waals surface area contributed by atoms with Gasteiger partial charge in [-0.1, -0.05) is 34.5 Å². The van der Waals surface area contributed by atoms with Crippen molar-refractivity contribution in [2.75, 3.05) is 24.2 Å². The number of hydrogen-bond acceptors (Lipinski definition) is 4. The second kappa shape index (κ2) is 9.67. The Balaban J connectivity index is 1.62. The van der Waals surface area contributed by atoms with Gasteiger partial charge in [0.05, 0.1) is 17.0 Å². The van der Waals surface area contributed by atoms with Crippen LogP contribution in [0, 0.1) is 0 Å². The number of alkyl halides is 1. The summed E-state index contributed by atoms with van der Waals surface area (Å²) in [6.07, 6.45) is 5.65. The highest BCUT2D eigenvalue weighted by Crippen LogP contribution is 2.32. The van der Waals surface area contributed by atoms with E-state index < -0.39 is 0 Å². The molecule has 4 N–H and O–H groups in total. The van der Waals surface area contributed by atoms with Crippen LogP contribution in [0.5, 0.6) is 5.88 Å². The van der Waals surface area contributed by atoms with Crippen LogP contribution in [0.25, 0.3) is 10.9 Å². The van der Waals surface area contributed by atoms with Crippen molar-refractivity contribution in [2.24, 2.45) is 4.99 Å². The highest BCUT2D eigenvalue weighted by molar-refractivity contribution is 9.09. The number of benzene rings is 2. The van der Waals surface area contributed by atoms with Crippen LogP contribution in [-0.4, -0.2) is 39.1 Å². The summed E-state index contributed by atoms with van der Waals surface area (Å²) in [5.74, 6) is 0.144. The molecule has 0 radical (unpaired) electrons. The van der Waals surface area contributed by atoms with Gasteiger partial charge in [0.25, 0.3) is 0 Å². The Bertz CT molecular complexity index is 1020. The van der Waals surface area contributed by atoms with Crippen molar-refractivity contribution in [1.82, 2.24) is 9.88 Å². The van der Waals surface area contributed by atoms with E-state index in [1.807, 2.05) is 18.2 Å². The fourth-order valence-electron chi connectivity index (χ4n) is 4.17. The first kappa shape index (κ1) is 20.9. The van der Waals surface area contributed by atoms with Gasteiger partial charge in [0.1, 0.15) is 0 Å². The summed E-state index contributed by atoms with van der Waals surface area (Å²) < 4.78 is 0. The van der Waals surface area contributed by atoms with Crippen molar-refractivity contribution in [1.29, 1.82) is 0 Å². The predicted molar refractivity (Wildman–Crippen MR) is 129 cm³/mol. The summed E-state index contributed by atoms with van der Waals surface area (Å²) >= 11 is 3.51. The number of nitrogens with two attached hydrogens (primary N) is 1. The maximum Gasteiger partial charge on any atom is 0.198 e. The topological polar surface area (TPSA) is 77.6 Å². The van der Waals surface area contributed by atoms with Gasteiger partial charge in [-0.05, 0) is 74.7 Å². The van der Waals surface area contributed by atoms with Gasteiger partial charge in [0.2, 0.25) is 0 Å². The predicted octanol–water partition coefficient (Wildman–Crippen LogP) is 5.74. The molecule has 4 rings (SSSR count). The number of likely N-dealkylation sites (tertiary alicyclic amines) is 1. The van der Waals surface area contributed by atoms with Crippen LogP contribution in [0.15, 0.2) is 47.5 Å². The summed E-state index contributed by atoms with van der Waals surface area (Å²) in [5.41, 5.74) is 11.4. The Hall–Kier alpha value is -2.31. The molecule has 1 aliphatic heterocycles. The van der Waals surface area contributed by atoms with E-state index in [0.29, 0.717) is 5.69 Å². The van der Waals surface area contributed by atoms with Gasteiger partial charge in [0, 0.05) is 28.5 Å². The first-order valence-electron chi connectivity index (χ1n) is 10.7. The standard InChI is InChI=1S/C24H29BrN4O/c25-12-4-5-22(23-20-15-18(26)8-11-21(20)28-24(23)30)27-19-9-6-17(7-10-19)16-29-13-2-1-3-14-29/h6-11,15,28,30H,1-5,12-14,16,26H2. The summed E-state index contributed by atoms with van der Waals surface area (Å²) in [4.78, 5) is 10.5. The SMILES string of the molecule is Nc1ccc2[nH]c(O)c(C(CCCBr)=Nc3ccc(CN4CCCCC4)cc3)c2c1. The fourth-order valence-corrected chi connectivity index (χ4v) is 4.45. The van der Waals surface area contributed by atoms with Crippen molar-refractivity contribution in [3.05, 3.63) is 53.6 Å². The van der Waals surface area contributed by atoms with Gasteiger partial charge in [-0.2, -0.15) is 0 Å². The molecule has 0 bridgehead atoms. The zero-order chi connectivity index (χ0) is 20.9. The number of rotatable bonds is 7. The van der Waals surface area contributed by atoms with Crippen molar-refractivity contribution < 1.29 is 5.11 Å². The summed E-state index contributed by atoms with van der Waals surface area (Å²) in [5, 5.41) is 12.4. The van der Waals surface area contributed by atoms with Gasteiger partial charge in [-0.3, -0.25) is 9.89 Å². The van der Waals surface area contributed by atoms with Gasteiger partial charge in [-0.25, -0.2) is 0 Å². The van der Waals surface area contributed by atoms with Crippen LogP contribution >= 0.6 is 15.9 Å². The molecule has 6 heteroatoms. The van der Waals surface area contributed by atoms with Crippen molar-refractivity contribution in [2.45, 2.75) is 38.6 Å². The summed E-state index contributed by atoms with van der Waals surface area (Å²) in [6.45, 7) is 3.39. The van der Waals surface area contributed by atoms with E-state index in [0.717, 1.165) is 52.6 Å². The van der Waals surface area contributed by atoms with E-state index in [2.05, 4.69) is 50.1 Å². The van der Waals surface area contributed by atoms with E-state index in [1.165, 1.54) is 37.9 Å². The molecule has 2 heterocycles. The minimum atomic E-state index is 0.144. The maximum absolute atomic E-state index is 10.6. The lowest BCUT2D eigenvalue weighted by Gasteiger charge is -2.26. The number of hydrogen-bond donors (Lipinski definition) is 3. The molecule has 1 saturated heterocycles. The Morgan fingerprint density at radius 1 is 1.10 bits per heavy atom. The van der Waals surface area contributed by atoms with Crippen LogP contribution in [-0.2, 0) is 6.54 Å². The molecule has 3 aromatic rings. The number of piperidine rings is 1. The monoisotopic (exact) mass is 468 g/mol. The molecule has 5 nitrogen and oxygen atoms in total. The number of anilines is 1. The average Bonchev–Trinajstić information content (AvgIpc) is 3.08. The second-order valence-corrected chi connectivity index (χ2v) is 8.80. The molecular weight excluding hydrogens is 440 g/mol. The summed E-state index contributed by atoms with van der Waals surface area (Å²) in [7, 11) is 0. The first-order valence-corrected chi connectivity index (χ1v) is 11.8. The molecule has 1 aliphatic rings. The number of nitrogen functional groups attached to an aromatic ring is 1. The van der Waals surface area contributed by atoms with E-state index in [4.69, 9.17) is 10.7 Å². The van der Waals surface area contributed by atoms with Crippen LogP contribution in [0.1, 0.15) is 43.2 Å². The van der Waals surface area contributed by atoms with Gasteiger partial charge >= 0.3 is 0 Å². The maximum atomic E-state index is 10.6. The van der Waals surface area contributed by atoms with Crippen molar-refractivity contribution in [3.63, 3.8) is 0 Å². The van der Waals surface area contributed by atoms with Crippen LogP contribution in [0.4, 0.5) is 11.4 Å².